The number of hydrogen-bond donors (Lipinski definition) is 1. The summed E-state index contributed by atoms with van der Waals surface area (Å²) in [4.78, 5) is 11.7. The van der Waals surface area contributed by atoms with E-state index in [2.05, 4.69) is 23.5 Å². The van der Waals surface area contributed by atoms with Crippen molar-refractivity contribution in [2.75, 3.05) is 13.2 Å². The van der Waals surface area contributed by atoms with Gasteiger partial charge in [0.15, 0.2) is 0 Å². The van der Waals surface area contributed by atoms with Crippen LogP contribution in [0.2, 0.25) is 0 Å². The van der Waals surface area contributed by atoms with Crippen LogP contribution in [0.3, 0.4) is 0 Å². The number of rotatable bonds is 5. The highest BCUT2D eigenvalue weighted by Crippen LogP contribution is 2.23. The predicted molar refractivity (Wildman–Crippen MR) is 77.0 cm³/mol. The average Bonchev–Trinajstić information content (AvgIpc) is 2.44. The molecule has 0 aliphatic heterocycles. The molecule has 0 radical (unpaired) electrons. The summed E-state index contributed by atoms with van der Waals surface area (Å²) >= 11 is 0. The van der Waals surface area contributed by atoms with Gasteiger partial charge in [0.25, 0.3) is 0 Å². The molecule has 0 spiro atoms. The SMILES string of the molecule is CCOCC(=O)N[C@@H](C)c1cccc2ccccc12. The molecule has 1 amide bonds. The molecular weight excluding hydrogens is 238 g/mol. The first-order valence-electron chi connectivity index (χ1n) is 6.57. The summed E-state index contributed by atoms with van der Waals surface area (Å²) in [6.45, 7) is 4.54. The molecule has 0 bridgehead atoms. The van der Waals surface area contributed by atoms with Crippen LogP contribution in [0.1, 0.15) is 25.5 Å². The van der Waals surface area contributed by atoms with E-state index in [-0.39, 0.29) is 18.6 Å². The van der Waals surface area contributed by atoms with Crippen molar-refractivity contribution in [1.29, 1.82) is 0 Å². The fourth-order valence-electron chi connectivity index (χ4n) is 2.18. The van der Waals surface area contributed by atoms with Crippen molar-refractivity contribution in [1.82, 2.24) is 5.32 Å². The molecular formula is C16H19NO2. The number of benzene rings is 2. The number of nitrogens with one attached hydrogen (secondary N) is 1. The Labute approximate surface area is 113 Å². The van der Waals surface area contributed by atoms with E-state index in [0.29, 0.717) is 6.61 Å². The van der Waals surface area contributed by atoms with E-state index in [0.717, 1.165) is 5.56 Å². The fraction of sp³-hybridized carbons (Fsp3) is 0.312. The summed E-state index contributed by atoms with van der Waals surface area (Å²) in [7, 11) is 0. The molecule has 0 aliphatic carbocycles. The summed E-state index contributed by atoms with van der Waals surface area (Å²) in [5, 5.41) is 5.32. The summed E-state index contributed by atoms with van der Waals surface area (Å²) in [6.07, 6.45) is 0. The Morgan fingerprint density at radius 1 is 1.21 bits per heavy atom. The van der Waals surface area contributed by atoms with Gasteiger partial charge in [-0.2, -0.15) is 0 Å². The average molecular weight is 257 g/mol. The van der Waals surface area contributed by atoms with Crippen LogP contribution in [-0.2, 0) is 9.53 Å². The second-order valence-electron chi connectivity index (χ2n) is 4.49. The third-order valence-corrected chi connectivity index (χ3v) is 3.10. The van der Waals surface area contributed by atoms with Gasteiger partial charge in [0.05, 0.1) is 6.04 Å². The Bertz CT molecular complexity index is 560. The maximum atomic E-state index is 11.7. The topological polar surface area (TPSA) is 38.3 Å². The maximum absolute atomic E-state index is 11.7. The fourth-order valence-corrected chi connectivity index (χ4v) is 2.18. The van der Waals surface area contributed by atoms with Gasteiger partial charge in [-0.3, -0.25) is 4.79 Å². The maximum Gasteiger partial charge on any atom is 0.246 e. The van der Waals surface area contributed by atoms with Crippen LogP contribution >= 0.6 is 0 Å². The lowest BCUT2D eigenvalue weighted by atomic mass is 10.00. The summed E-state index contributed by atoms with van der Waals surface area (Å²) in [5.41, 5.74) is 1.13. The zero-order valence-corrected chi connectivity index (χ0v) is 11.3. The quantitative estimate of drug-likeness (QED) is 0.894. The minimum atomic E-state index is -0.0812. The number of carbonyl (C=O) groups excluding carboxylic acids is 1. The van der Waals surface area contributed by atoms with Gasteiger partial charge in [0.2, 0.25) is 5.91 Å². The molecule has 1 atom stereocenters. The van der Waals surface area contributed by atoms with Crippen LogP contribution in [-0.4, -0.2) is 19.1 Å². The van der Waals surface area contributed by atoms with E-state index in [1.54, 1.807) is 0 Å². The first-order valence-corrected chi connectivity index (χ1v) is 6.57. The lowest BCUT2D eigenvalue weighted by molar-refractivity contribution is -0.126. The number of ether oxygens (including phenoxy) is 1. The Balaban J connectivity index is 2.17. The molecule has 1 N–H and O–H groups in total. The molecule has 0 aromatic heterocycles. The van der Waals surface area contributed by atoms with E-state index in [9.17, 15) is 4.79 Å². The highest BCUT2D eigenvalue weighted by atomic mass is 16.5. The highest BCUT2D eigenvalue weighted by Gasteiger charge is 2.11. The second kappa shape index (κ2) is 6.34. The van der Waals surface area contributed by atoms with Gasteiger partial charge in [-0.15, -0.1) is 0 Å². The summed E-state index contributed by atoms with van der Waals surface area (Å²) in [5.74, 6) is -0.0812. The number of carbonyl (C=O) groups is 1. The molecule has 3 nitrogen and oxygen atoms in total. The van der Waals surface area contributed by atoms with Crippen LogP contribution in [0.4, 0.5) is 0 Å². The molecule has 100 valence electrons. The van der Waals surface area contributed by atoms with Crippen LogP contribution < -0.4 is 5.32 Å². The first-order chi connectivity index (χ1) is 9.22. The number of hydrogen-bond acceptors (Lipinski definition) is 2. The zero-order chi connectivity index (χ0) is 13.7. The Kier molecular flexibility index (Phi) is 4.53. The van der Waals surface area contributed by atoms with Gasteiger partial charge < -0.3 is 10.1 Å². The van der Waals surface area contributed by atoms with Crippen molar-refractivity contribution in [2.45, 2.75) is 19.9 Å². The van der Waals surface area contributed by atoms with Crippen LogP contribution in [0.25, 0.3) is 10.8 Å². The Morgan fingerprint density at radius 3 is 2.74 bits per heavy atom. The highest BCUT2D eigenvalue weighted by molar-refractivity contribution is 5.87. The Hall–Kier alpha value is -1.87. The molecule has 0 saturated heterocycles. The standard InChI is InChI=1S/C16H19NO2/c1-3-19-11-16(18)17-12(2)14-10-6-8-13-7-4-5-9-15(13)14/h4-10,12H,3,11H2,1-2H3,(H,17,18)/t12-/m0/s1. The van der Waals surface area contributed by atoms with Crippen molar-refractivity contribution in [3.05, 3.63) is 48.0 Å². The number of fused-ring (bicyclic) bond motifs is 1. The van der Waals surface area contributed by atoms with Crippen molar-refractivity contribution in [3.8, 4) is 0 Å². The Morgan fingerprint density at radius 2 is 1.95 bits per heavy atom. The van der Waals surface area contributed by atoms with Gasteiger partial charge >= 0.3 is 0 Å². The van der Waals surface area contributed by atoms with Crippen molar-refractivity contribution in [2.24, 2.45) is 0 Å². The van der Waals surface area contributed by atoms with E-state index < -0.39 is 0 Å². The lowest BCUT2D eigenvalue weighted by Gasteiger charge is -2.16. The van der Waals surface area contributed by atoms with E-state index in [4.69, 9.17) is 4.74 Å². The van der Waals surface area contributed by atoms with Gasteiger partial charge in [-0.05, 0) is 30.2 Å². The lowest BCUT2D eigenvalue weighted by Crippen LogP contribution is -2.30. The molecule has 0 saturated carbocycles. The molecule has 19 heavy (non-hydrogen) atoms. The van der Waals surface area contributed by atoms with E-state index in [1.807, 2.05) is 38.1 Å². The van der Waals surface area contributed by atoms with Crippen molar-refractivity contribution >= 4 is 16.7 Å². The molecule has 0 unspecified atom stereocenters. The molecule has 0 fully saturated rings. The van der Waals surface area contributed by atoms with Crippen molar-refractivity contribution in [3.63, 3.8) is 0 Å². The largest absolute Gasteiger partial charge is 0.372 e. The molecule has 2 rings (SSSR count). The van der Waals surface area contributed by atoms with Gasteiger partial charge in [-0.1, -0.05) is 42.5 Å². The first kappa shape index (κ1) is 13.6. The normalized spacial score (nSPS) is 12.3. The van der Waals surface area contributed by atoms with E-state index >= 15 is 0 Å². The van der Waals surface area contributed by atoms with Crippen LogP contribution in [0.15, 0.2) is 42.5 Å². The molecule has 0 heterocycles. The van der Waals surface area contributed by atoms with E-state index in [1.165, 1.54) is 10.8 Å². The third kappa shape index (κ3) is 3.32. The van der Waals surface area contributed by atoms with Gasteiger partial charge in [0, 0.05) is 6.61 Å². The van der Waals surface area contributed by atoms with Crippen LogP contribution in [0, 0.1) is 0 Å². The molecule has 3 heteroatoms. The molecule has 2 aromatic rings. The molecule has 0 aliphatic rings. The zero-order valence-electron chi connectivity index (χ0n) is 11.3. The van der Waals surface area contributed by atoms with Crippen molar-refractivity contribution < 1.29 is 9.53 Å². The summed E-state index contributed by atoms with van der Waals surface area (Å²) in [6, 6.07) is 14.3. The van der Waals surface area contributed by atoms with Crippen LogP contribution in [0.5, 0.6) is 0 Å². The van der Waals surface area contributed by atoms with Gasteiger partial charge in [-0.25, -0.2) is 0 Å². The monoisotopic (exact) mass is 257 g/mol. The smallest absolute Gasteiger partial charge is 0.246 e. The third-order valence-electron chi connectivity index (χ3n) is 3.10. The van der Waals surface area contributed by atoms with Gasteiger partial charge in [0.1, 0.15) is 6.61 Å². The summed E-state index contributed by atoms with van der Waals surface area (Å²) < 4.78 is 5.11. The minimum absolute atomic E-state index is 0.0287. The molecule has 2 aromatic carbocycles. The second-order valence-corrected chi connectivity index (χ2v) is 4.49. The minimum Gasteiger partial charge on any atom is -0.372 e. The number of amides is 1. The predicted octanol–water partition coefficient (Wildman–Crippen LogP) is 3.05.